The Kier molecular flexibility index (Phi) is 2.82. The second-order valence-electron chi connectivity index (χ2n) is 4.11. The Balaban J connectivity index is 2.26. The van der Waals surface area contributed by atoms with Gasteiger partial charge in [0.15, 0.2) is 11.5 Å². The van der Waals surface area contributed by atoms with Crippen molar-refractivity contribution in [2.45, 2.75) is 25.3 Å². The van der Waals surface area contributed by atoms with Gasteiger partial charge in [0, 0.05) is 11.6 Å². The van der Waals surface area contributed by atoms with E-state index in [2.05, 4.69) is 0 Å². The lowest BCUT2D eigenvalue weighted by atomic mass is 9.77. The van der Waals surface area contributed by atoms with Crippen molar-refractivity contribution in [1.82, 2.24) is 0 Å². The second kappa shape index (κ2) is 4.11. The molecule has 15 heavy (non-hydrogen) atoms. The van der Waals surface area contributed by atoms with Crippen LogP contribution in [0.5, 0.6) is 11.5 Å². The highest BCUT2D eigenvalue weighted by Crippen LogP contribution is 2.41. The first kappa shape index (κ1) is 10.3. The van der Waals surface area contributed by atoms with Crippen molar-refractivity contribution in [2.75, 3.05) is 7.11 Å². The van der Waals surface area contributed by atoms with Crippen molar-refractivity contribution >= 4 is 0 Å². The summed E-state index contributed by atoms with van der Waals surface area (Å²) in [6.45, 7) is 0. The molecule has 0 aromatic heterocycles. The minimum Gasteiger partial charge on any atom is -0.504 e. The Morgan fingerprint density at radius 1 is 1.47 bits per heavy atom. The van der Waals surface area contributed by atoms with Crippen LogP contribution in [0.1, 0.15) is 30.9 Å². The van der Waals surface area contributed by atoms with Crippen LogP contribution >= 0.6 is 0 Å². The molecule has 0 aliphatic heterocycles. The molecule has 1 aliphatic rings. The maximum absolute atomic E-state index is 9.92. The minimum atomic E-state index is -0.0613. The largest absolute Gasteiger partial charge is 0.504 e. The van der Waals surface area contributed by atoms with Gasteiger partial charge in [0.1, 0.15) is 0 Å². The highest BCUT2D eigenvalue weighted by molar-refractivity contribution is 5.47. The molecule has 0 saturated heterocycles. The zero-order valence-electron chi connectivity index (χ0n) is 8.94. The molecule has 1 aliphatic carbocycles. The summed E-state index contributed by atoms with van der Waals surface area (Å²) in [7, 11) is 1.55. The Morgan fingerprint density at radius 3 is 2.73 bits per heavy atom. The van der Waals surface area contributed by atoms with Crippen LogP contribution in [0.15, 0.2) is 18.2 Å². The van der Waals surface area contributed by atoms with Crippen molar-refractivity contribution in [3.63, 3.8) is 0 Å². The zero-order valence-corrected chi connectivity index (χ0v) is 8.94. The molecular formula is C12H17NO2. The Bertz CT molecular complexity index is 347. The topological polar surface area (TPSA) is 55.5 Å². The molecule has 0 amide bonds. The number of methoxy groups -OCH3 is 1. The molecule has 0 heterocycles. The van der Waals surface area contributed by atoms with E-state index in [1.807, 2.05) is 12.1 Å². The van der Waals surface area contributed by atoms with Gasteiger partial charge in [0.25, 0.3) is 0 Å². The highest BCUT2D eigenvalue weighted by atomic mass is 16.5. The van der Waals surface area contributed by atoms with Gasteiger partial charge in [-0.25, -0.2) is 0 Å². The van der Waals surface area contributed by atoms with Crippen LogP contribution in [0, 0.1) is 5.92 Å². The van der Waals surface area contributed by atoms with E-state index in [0.717, 1.165) is 18.4 Å². The average molecular weight is 207 g/mol. The van der Waals surface area contributed by atoms with E-state index >= 15 is 0 Å². The monoisotopic (exact) mass is 207 g/mol. The SMILES string of the molecule is COc1cccc([C@H](N)C2CCC2)c1O. The summed E-state index contributed by atoms with van der Waals surface area (Å²) in [5, 5.41) is 9.92. The molecule has 3 N–H and O–H groups in total. The summed E-state index contributed by atoms with van der Waals surface area (Å²) in [5.74, 6) is 1.21. The van der Waals surface area contributed by atoms with Crippen molar-refractivity contribution in [2.24, 2.45) is 11.7 Å². The first-order chi connectivity index (χ1) is 7.24. The lowest BCUT2D eigenvalue weighted by Crippen LogP contribution is -2.26. The predicted molar refractivity (Wildman–Crippen MR) is 58.9 cm³/mol. The van der Waals surface area contributed by atoms with Crippen LogP contribution in [-0.4, -0.2) is 12.2 Å². The lowest BCUT2D eigenvalue weighted by molar-refractivity contribution is 0.259. The smallest absolute Gasteiger partial charge is 0.162 e. The first-order valence-corrected chi connectivity index (χ1v) is 5.35. The van der Waals surface area contributed by atoms with Gasteiger partial charge in [-0.2, -0.15) is 0 Å². The van der Waals surface area contributed by atoms with Crippen LogP contribution in [0.2, 0.25) is 0 Å². The third-order valence-electron chi connectivity index (χ3n) is 3.27. The number of rotatable bonds is 3. The zero-order chi connectivity index (χ0) is 10.8. The minimum absolute atomic E-state index is 0.0613. The van der Waals surface area contributed by atoms with E-state index in [1.165, 1.54) is 6.42 Å². The predicted octanol–water partition coefficient (Wildman–Crippen LogP) is 2.20. The molecule has 0 unspecified atom stereocenters. The third kappa shape index (κ3) is 1.79. The number of nitrogens with two attached hydrogens (primary N) is 1. The Hall–Kier alpha value is -1.22. The molecular weight excluding hydrogens is 190 g/mol. The van der Waals surface area contributed by atoms with Gasteiger partial charge in [0.2, 0.25) is 0 Å². The molecule has 2 rings (SSSR count). The number of hydrogen-bond acceptors (Lipinski definition) is 3. The molecule has 3 nitrogen and oxygen atoms in total. The molecule has 1 aromatic rings. The first-order valence-electron chi connectivity index (χ1n) is 5.35. The summed E-state index contributed by atoms with van der Waals surface area (Å²) >= 11 is 0. The van der Waals surface area contributed by atoms with Gasteiger partial charge in [0.05, 0.1) is 7.11 Å². The average Bonchev–Trinajstić information content (AvgIpc) is 2.15. The molecule has 0 bridgehead atoms. The van der Waals surface area contributed by atoms with E-state index in [-0.39, 0.29) is 11.8 Å². The number of aromatic hydroxyl groups is 1. The van der Waals surface area contributed by atoms with Crippen molar-refractivity contribution in [3.05, 3.63) is 23.8 Å². The van der Waals surface area contributed by atoms with Gasteiger partial charge in [-0.1, -0.05) is 18.6 Å². The Morgan fingerprint density at radius 2 is 2.20 bits per heavy atom. The fourth-order valence-corrected chi connectivity index (χ4v) is 2.03. The van der Waals surface area contributed by atoms with Crippen molar-refractivity contribution < 1.29 is 9.84 Å². The van der Waals surface area contributed by atoms with Crippen LogP contribution in [-0.2, 0) is 0 Å². The number of hydrogen-bond donors (Lipinski definition) is 2. The molecule has 3 heteroatoms. The van der Waals surface area contributed by atoms with E-state index in [1.54, 1.807) is 13.2 Å². The number of benzene rings is 1. The van der Waals surface area contributed by atoms with E-state index in [9.17, 15) is 5.11 Å². The van der Waals surface area contributed by atoms with E-state index < -0.39 is 0 Å². The highest BCUT2D eigenvalue weighted by Gasteiger charge is 2.27. The summed E-state index contributed by atoms with van der Waals surface area (Å²) < 4.78 is 5.06. The molecule has 0 spiro atoms. The lowest BCUT2D eigenvalue weighted by Gasteiger charge is -2.31. The second-order valence-corrected chi connectivity index (χ2v) is 4.11. The standard InChI is InChI=1S/C12H17NO2/c1-15-10-7-3-6-9(12(10)14)11(13)8-4-2-5-8/h3,6-8,11,14H,2,4-5,13H2,1H3/t11-/m1/s1. The molecule has 0 radical (unpaired) electrons. The van der Waals surface area contributed by atoms with Gasteiger partial charge >= 0.3 is 0 Å². The Labute approximate surface area is 89.9 Å². The molecule has 1 saturated carbocycles. The fraction of sp³-hybridized carbons (Fsp3) is 0.500. The molecule has 1 aromatic carbocycles. The van der Waals surface area contributed by atoms with Crippen LogP contribution in [0.3, 0.4) is 0 Å². The molecule has 1 fully saturated rings. The third-order valence-corrected chi connectivity index (χ3v) is 3.27. The summed E-state index contributed by atoms with van der Waals surface area (Å²) in [6.07, 6.45) is 3.58. The van der Waals surface area contributed by atoms with Crippen molar-refractivity contribution in [1.29, 1.82) is 0 Å². The van der Waals surface area contributed by atoms with Gasteiger partial charge in [-0.05, 0) is 24.8 Å². The summed E-state index contributed by atoms with van der Waals surface area (Å²) in [5.41, 5.74) is 6.91. The van der Waals surface area contributed by atoms with Crippen LogP contribution in [0.4, 0.5) is 0 Å². The van der Waals surface area contributed by atoms with Crippen LogP contribution in [0.25, 0.3) is 0 Å². The van der Waals surface area contributed by atoms with E-state index in [0.29, 0.717) is 11.7 Å². The molecule has 1 atom stereocenters. The number of phenols is 1. The number of ether oxygens (including phenoxy) is 1. The van der Waals surface area contributed by atoms with Crippen LogP contribution < -0.4 is 10.5 Å². The number of para-hydroxylation sites is 1. The number of phenolic OH excluding ortho intramolecular Hbond substituents is 1. The maximum Gasteiger partial charge on any atom is 0.162 e. The summed E-state index contributed by atoms with van der Waals surface area (Å²) in [6, 6.07) is 5.42. The quantitative estimate of drug-likeness (QED) is 0.798. The van der Waals surface area contributed by atoms with Gasteiger partial charge < -0.3 is 15.6 Å². The van der Waals surface area contributed by atoms with Gasteiger partial charge in [-0.15, -0.1) is 0 Å². The van der Waals surface area contributed by atoms with E-state index in [4.69, 9.17) is 10.5 Å². The summed E-state index contributed by atoms with van der Waals surface area (Å²) in [4.78, 5) is 0. The fourth-order valence-electron chi connectivity index (χ4n) is 2.03. The maximum atomic E-state index is 9.92. The van der Waals surface area contributed by atoms with Crippen molar-refractivity contribution in [3.8, 4) is 11.5 Å². The van der Waals surface area contributed by atoms with Gasteiger partial charge in [-0.3, -0.25) is 0 Å². The molecule has 82 valence electrons. The normalized spacial score (nSPS) is 18.3.